The maximum atomic E-state index is 13.1. The number of fused-ring (bicyclic) bond motifs is 1. The van der Waals surface area contributed by atoms with Crippen LogP contribution < -0.4 is 19.9 Å². The van der Waals surface area contributed by atoms with E-state index in [2.05, 4.69) is 11.9 Å². The molecule has 0 aromatic heterocycles. The average Bonchev–Trinajstić information content (AvgIpc) is 2.72. The Balaban J connectivity index is 2.02. The fourth-order valence-corrected chi connectivity index (χ4v) is 4.20. The molecule has 1 N–H and O–H groups in total. The number of nitrogens with one attached hydrogen (secondary N) is 1. The van der Waals surface area contributed by atoms with E-state index in [0.717, 1.165) is 18.5 Å². The first-order chi connectivity index (χ1) is 14.8. The van der Waals surface area contributed by atoms with E-state index in [1.807, 2.05) is 38.2 Å². The van der Waals surface area contributed by atoms with Crippen LogP contribution in [0.5, 0.6) is 5.75 Å². The maximum Gasteiger partial charge on any atom is 0.419 e. The molecule has 0 fully saturated rings. The number of anilines is 2. The van der Waals surface area contributed by atoms with Crippen molar-refractivity contribution in [3.05, 3.63) is 65.7 Å². The normalized spacial score (nSPS) is 16.5. The molecule has 31 heavy (non-hydrogen) atoms. The van der Waals surface area contributed by atoms with Gasteiger partial charge in [0.2, 0.25) is 5.91 Å². The van der Waals surface area contributed by atoms with Crippen LogP contribution in [0.2, 0.25) is 5.02 Å². The van der Waals surface area contributed by atoms with Gasteiger partial charge in [0, 0.05) is 25.0 Å². The van der Waals surface area contributed by atoms with Gasteiger partial charge in [0.25, 0.3) is 0 Å². The second-order valence-electron chi connectivity index (χ2n) is 7.70. The first kappa shape index (κ1) is 22.8. The predicted octanol–water partition coefficient (Wildman–Crippen LogP) is 4.98. The molecule has 2 aromatic rings. The van der Waals surface area contributed by atoms with Crippen molar-refractivity contribution in [3.8, 4) is 5.75 Å². The van der Waals surface area contributed by atoms with E-state index in [4.69, 9.17) is 16.3 Å². The van der Waals surface area contributed by atoms with Crippen molar-refractivity contribution in [1.29, 1.82) is 0 Å². The first-order valence-electron chi connectivity index (χ1n) is 10.3. The zero-order valence-electron chi connectivity index (χ0n) is 18.1. The molecule has 0 spiro atoms. The molecular formula is C24H28ClN3O3. The molecule has 2 aromatic carbocycles. The quantitative estimate of drug-likeness (QED) is 0.642. The highest BCUT2D eigenvalue weighted by molar-refractivity contribution is 6.30. The average molecular weight is 442 g/mol. The summed E-state index contributed by atoms with van der Waals surface area (Å²) < 4.78 is 5.60. The van der Waals surface area contributed by atoms with Gasteiger partial charge >= 0.3 is 6.09 Å². The molecular weight excluding hydrogens is 414 g/mol. The van der Waals surface area contributed by atoms with Crippen molar-refractivity contribution in [3.63, 3.8) is 0 Å². The smallest absolute Gasteiger partial charge is 0.410 e. The van der Waals surface area contributed by atoms with E-state index in [9.17, 15) is 9.59 Å². The lowest BCUT2D eigenvalue weighted by atomic mass is 9.93. The molecule has 0 saturated carbocycles. The van der Waals surface area contributed by atoms with Crippen LogP contribution in [-0.2, 0) is 4.79 Å². The Bertz CT molecular complexity index is 978. The Morgan fingerprint density at radius 3 is 2.71 bits per heavy atom. The summed E-state index contributed by atoms with van der Waals surface area (Å²) >= 11 is 6.02. The number of nitrogens with zero attached hydrogens (tertiary/aromatic N) is 2. The van der Waals surface area contributed by atoms with Crippen molar-refractivity contribution in [2.75, 3.05) is 29.9 Å². The molecule has 1 unspecified atom stereocenters. The highest BCUT2D eigenvalue weighted by atomic mass is 35.5. The molecule has 1 heterocycles. The number of benzene rings is 2. The van der Waals surface area contributed by atoms with E-state index in [1.54, 1.807) is 34.1 Å². The van der Waals surface area contributed by atoms with Crippen molar-refractivity contribution >= 4 is 35.0 Å². The number of likely N-dealkylation sites (N-methyl/N-ethyl adjacent to an activating group) is 1. The van der Waals surface area contributed by atoms with Crippen molar-refractivity contribution < 1.29 is 14.3 Å². The lowest BCUT2D eigenvalue weighted by Crippen LogP contribution is -2.52. The number of halogens is 1. The molecule has 1 aliphatic rings. The topological polar surface area (TPSA) is 61.9 Å². The van der Waals surface area contributed by atoms with E-state index >= 15 is 0 Å². The van der Waals surface area contributed by atoms with Crippen molar-refractivity contribution in [2.24, 2.45) is 0 Å². The van der Waals surface area contributed by atoms with E-state index < -0.39 is 6.09 Å². The van der Waals surface area contributed by atoms with Gasteiger partial charge in [0.05, 0.1) is 17.4 Å². The maximum absolute atomic E-state index is 13.1. The summed E-state index contributed by atoms with van der Waals surface area (Å²) in [5.41, 5.74) is 2.41. The molecule has 1 aliphatic heterocycles. The van der Waals surface area contributed by atoms with Crippen LogP contribution in [0.4, 0.5) is 16.2 Å². The Kier molecular flexibility index (Phi) is 7.36. The number of hydrogen-bond donors (Lipinski definition) is 1. The molecule has 7 heteroatoms. The summed E-state index contributed by atoms with van der Waals surface area (Å²) in [6.07, 6.45) is 2.17. The van der Waals surface area contributed by atoms with E-state index in [0.29, 0.717) is 28.7 Å². The fourth-order valence-electron chi connectivity index (χ4n) is 4.02. The minimum Gasteiger partial charge on any atom is -0.410 e. The van der Waals surface area contributed by atoms with Gasteiger partial charge in [0.15, 0.2) is 0 Å². The Hall–Kier alpha value is -2.83. The van der Waals surface area contributed by atoms with Crippen LogP contribution in [0, 0.1) is 0 Å². The molecule has 164 valence electrons. The van der Waals surface area contributed by atoms with Crippen molar-refractivity contribution in [2.45, 2.75) is 32.2 Å². The lowest BCUT2D eigenvalue weighted by molar-refractivity contribution is -0.117. The van der Waals surface area contributed by atoms with Crippen LogP contribution in [0.25, 0.3) is 0 Å². The summed E-state index contributed by atoms with van der Waals surface area (Å²) in [6, 6.07) is 12.4. The molecule has 0 bridgehead atoms. The molecule has 6 nitrogen and oxygen atoms in total. The second kappa shape index (κ2) is 9.98. The summed E-state index contributed by atoms with van der Waals surface area (Å²) in [6.45, 7) is 8.41. The van der Waals surface area contributed by atoms with Crippen LogP contribution in [0.1, 0.15) is 31.7 Å². The van der Waals surface area contributed by atoms with Gasteiger partial charge in [0.1, 0.15) is 5.75 Å². The number of carbonyl (C=O) groups is 2. The molecule has 2 amide bonds. The monoisotopic (exact) mass is 441 g/mol. The fraction of sp³-hybridized carbons (Fsp3) is 0.333. The summed E-state index contributed by atoms with van der Waals surface area (Å²) in [5, 5.41) is 3.70. The number of carbonyl (C=O) groups excluding carboxylic acids is 2. The van der Waals surface area contributed by atoms with Crippen LogP contribution >= 0.6 is 11.6 Å². The summed E-state index contributed by atoms with van der Waals surface area (Å²) in [7, 11) is 1.91. The third-order valence-electron chi connectivity index (χ3n) is 5.37. The van der Waals surface area contributed by atoms with Gasteiger partial charge in [-0.1, -0.05) is 29.8 Å². The van der Waals surface area contributed by atoms with Gasteiger partial charge in [-0.05, 0) is 62.2 Å². The number of rotatable bonds is 6. The number of ether oxygens (including phenoxy) is 1. The molecule has 0 aliphatic carbocycles. The first-order valence-corrected chi connectivity index (χ1v) is 10.7. The zero-order valence-corrected chi connectivity index (χ0v) is 18.9. The largest absolute Gasteiger partial charge is 0.419 e. The standard InChI is InChI=1S/C24H28ClN3O3/c1-5-7-19(14-26-4)18-10-11-22-23(12-18)27(15-16(2)28(22)17(3)29)24(30)31-21-9-6-8-20(25)13-21/h5-6,8-13,16,19,26H,1,7,14-15H2,2-4H3/t16-,19?/m0/s1. The number of allylic oxidation sites excluding steroid dienone is 1. The van der Waals surface area contributed by atoms with Crippen LogP contribution in [0.3, 0.4) is 0 Å². The van der Waals surface area contributed by atoms with Gasteiger partial charge in [-0.25, -0.2) is 4.79 Å². The summed E-state index contributed by atoms with van der Waals surface area (Å²) in [5.74, 6) is 0.502. The summed E-state index contributed by atoms with van der Waals surface area (Å²) in [4.78, 5) is 28.8. The molecule has 2 atom stereocenters. The zero-order chi connectivity index (χ0) is 22.5. The third-order valence-corrected chi connectivity index (χ3v) is 5.61. The Morgan fingerprint density at radius 1 is 1.29 bits per heavy atom. The minimum atomic E-state index is -0.510. The predicted molar refractivity (Wildman–Crippen MR) is 125 cm³/mol. The van der Waals surface area contributed by atoms with E-state index in [-0.39, 0.29) is 17.9 Å². The molecule has 0 saturated heterocycles. The van der Waals surface area contributed by atoms with Crippen LogP contribution in [-0.4, -0.2) is 38.2 Å². The molecule has 3 rings (SSSR count). The van der Waals surface area contributed by atoms with Gasteiger partial charge in [-0.3, -0.25) is 9.69 Å². The minimum absolute atomic E-state index is 0.0674. The van der Waals surface area contributed by atoms with Crippen LogP contribution in [0.15, 0.2) is 55.1 Å². The highest BCUT2D eigenvalue weighted by Gasteiger charge is 2.35. The Morgan fingerprint density at radius 2 is 2.06 bits per heavy atom. The van der Waals surface area contributed by atoms with Crippen molar-refractivity contribution in [1.82, 2.24) is 5.32 Å². The highest BCUT2D eigenvalue weighted by Crippen LogP contribution is 2.39. The number of amides is 2. The lowest BCUT2D eigenvalue weighted by Gasteiger charge is -2.40. The Labute approximate surface area is 188 Å². The number of hydrogen-bond acceptors (Lipinski definition) is 4. The third kappa shape index (κ3) is 5.09. The van der Waals surface area contributed by atoms with E-state index in [1.165, 1.54) is 6.92 Å². The van der Waals surface area contributed by atoms with Gasteiger partial charge in [-0.2, -0.15) is 0 Å². The molecule has 0 radical (unpaired) electrons. The SMILES string of the molecule is C=CCC(CNC)c1ccc2c(c1)N(C(=O)Oc1cccc(Cl)c1)C[C@H](C)N2C(C)=O. The van der Waals surface area contributed by atoms with Gasteiger partial charge < -0.3 is 15.0 Å². The van der Waals surface area contributed by atoms with Gasteiger partial charge in [-0.15, -0.1) is 6.58 Å². The second-order valence-corrected chi connectivity index (χ2v) is 8.14.